The van der Waals surface area contributed by atoms with E-state index in [9.17, 15) is 8.42 Å². The van der Waals surface area contributed by atoms with E-state index in [4.69, 9.17) is 9.47 Å². The van der Waals surface area contributed by atoms with Gasteiger partial charge in [-0.25, -0.2) is 8.42 Å². The summed E-state index contributed by atoms with van der Waals surface area (Å²) in [5.41, 5.74) is 2.30. The summed E-state index contributed by atoms with van der Waals surface area (Å²) >= 11 is 0. The Morgan fingerprint density at radius 3 is 2.54 bits per heavy atom. The van der Waals surface area contributed by atoms with Gasteiger partial charge in [-0.05, 0) is 35.4 Å². The van der Waals surface area contributed by atoms with Crippen LogP contribution in [0.3, 0.4) is 0 Å². The normalized spacial score (nSPS) is 19.6. The molecule has 0 saturated heterocycles. The minimum atomic E-state index is -3.69. The largest absolute Gasteiger partial charge is 0.454 e. The Labute approximate surface area is 163 Å². The molecule has 0 aliphatic carbocycles. The van der Waals surface area contributed by atoms with E-state index in [1.165, 1.54) is 4.31 Å². The molecule has 3 aromatic carbocycles. The van der Waals surface area contributed by atoms with Crippen LogP contribution in [-0.2, 0) is 16.6 Å². The Hall–Kier alpha value is -3.03. The SMILES string of the molecule is O=S1(=O)c2ccccc2N[C@H](c2ccc3c(c2)OCO3)N1Cc1ccccc1. The third kappa shape index (κ3) is 2.80. The first-order valence-electron chi connectivity index (χ1n) is 8.94. The first kappa shape index (κ1) is 17.1. The number of sulfonamides is 1. The van der Waals surface area contributed by atoms with Crippen LogP contribution in [0.2, 0.25) is 0 Å². The molecule has 2 aliphatic rings. The highest BCUT2D eigenvalue weighted by molar-refractivity contribution is 7.89. The summed E-state index contributed by atoms with van der Waals surface area (Å²) in [5, 5.41) is 3.38. The highest BCUT2D eigenvalue weighted by Gasteiger charge is 2.39. The Bertz CT molecular complexity index is 1130. The second-order valence-corrected chi connectivity index (χ2v) is 8.55. The van der Waals surface area contributed by atoms with Crippen molar-refractivity contribution in [1.82, 2.24) is 4.31 Å². The number of hydrogen-bond acceptors (Lipinski definition) is 5. The molecule has 0 saturated carbocycles. The molecule has 0 amide bonds. The molecular weight excluding hydrogens is 376 g/mol. The average Bonchev–Trinajstić information content (AvgIpc) is 3.19. The van der Waals surface area contributed by atoms with E-state index in [-0.39, 0.29) is 18.2 Å². The van der Waals surface area contributed by atoms with Gasteiger partial charge in [-0.1, -0.05) is 48.5 Å². The molecule has 0 unspecified atom stereocenters. The Kier molecular flexibility index (Phi) is 3.99. The van der Waals surface area contributed by atoms with Gasteiger partial charge in [0, 0.05) is 6.54 Å². The van der Waals surface area contributed by atoms with Crippen LogP contribution in [0.15, 0.2) is 77.7 Å². The van der Waals surface area contributed by atoms with Gasteiger partial charge in [0.2, 0.25) is 16.8 Å². The highest BCUT2D eigenvalue weighted by atomic mass is 32.2. The van der Waals surface area contributed by atoms with Crippen molar-refractivity contribution in [3.63, 3.8) is 0 Å². The second-order valence-electron chi connectivity index (χ2n) is 6.69. The molecule has 7 heteroatoms. The molecule has 0 spiro atoms. The van der Waals surface area contributed by atoms with Gasteiger partial charge in [-0.15, -0.1) is 0 Å². The van der Waals surface area contributed by atoms with Crippen LogP contribution < -0.4 is 14.8 Å². The van der Waals surface area contributed by atoms with E-state index < -0.39 is 16.2 Å². The van der Waals surface area contributed by atoms with Crippen molar-refractivity contribution in [3.8, 4) is 11.5 Å². The smallest absolute Gasteiger partial charge is 0.247 e. The zero-order valence-corrected chi connectivity index (χ0v) is 15.7. The fraction of sp³-hybridized carbons (Fsp3) is 0.143. The zero-order valence-electron chi connectivity index (χ0n) is 14.9. The van der Waals surface area contributed by atoms with Crippen molar-refractivity contribution in [1.29, 1.82) is 0 Å². The summed E-state index contributed by atoms with van der Waals surface area (Å²) in [4.78, 5) is 0.280. The van der Waals surface area contributed by atoms with Crippen molar-refractivity contribution in [2.75, 3.05) is 12.1 Å². The fourth-order valence-corrected chi connectivity index (χ4v) is 5.25. The molecule has 3 aromatic rings. The molecule has 28 heavy (non-hydrogen) atoms. The summed E-state index contributed by atoms with van der Waals surface area (Å²) in [5.74, 6) is 1.28. The summed E-state index contributed by atoms with van der Waals surface area (Å²) in [6, 6.07) is 22.1. The monoisotopic (exact) mass is 394 g/mol. The van der Waals surface area contributed by atoms with Crippen LogP contribution in [0.4, 0.5) is 5.69 Å². The summed E-state index contributed by atoms with van der Waals surface area (Å²) < 4.78 is 39.3. The number of nitrogens with zero attached hydrogens (tertiary/aromatic N) is 1. The van der Waals surface area contributed by atoms with E-state index in [1.807, 2.05) is 54.6 Å². The predicted molar refractivity (Wildman–Crippen MR) is 105 cm³/mol. The number of anilines is 1. The lowest BCUT2D eigenvalue weighted by atomic mass is 10.1. The van der Waals surface area contributed by atoms with Gasteiger partial charge in [0.1, 0.15) is 11.1 Å². The molecule has 2 aliphatic heterocycles. The standard InChI is InChI=1S/C21H18N2O4S/c24-28(25)20-9-5-4-8-17(20)22-21(23(28)13-15-6-2-1-3-7-15)16-10-11-18-19(12-16)27-14-26-18/h1-12,21-22H,13-14H2/t21-/m0/s1. The van der Waals surface area contributed by atoms with Crippen molar-refractivity contribution in [2.45, 2.75) is 17.6 Å². The van der Waals surface area contributed by atoms with E-state index in [0.717, 1.165) is 11.1 Å². The maximum Gasteiger partial charge on any atom is 0.247 e. The average molecular weight is 394 g/mol. The number of fused-ring (bicyclic) bond motifs is 2. The van der Waals surface area contributed by atoms with E-state index in [1.54, 1.807) is 18.2 Å². The fourth-order valence-electron chi connectivity index (χ4n) is 3.57. The highest BCUT2D eigenvalue weighted by Crippen LogP contribution is 2.41. The van der Waals surface area contributed by atoms with E-state index >= 15 is 0 Å². The zero-order chi connectivity index (χ0) is 19.1. The molecule has 142 valence electrons. The first-order chi connectivity index (χ1) is 13.6. The van der Waals surface area contributed by atoms with Gasteiger partial charge in [0.15, 0.2) is 11.5 Å². The van der Waals surface area contributed by atoms with Gasteiger partial charge >= 0.3 is 0 Å². The third-order valence-corrected chi connectivity index (χ3v) is 6.82. The minimum Gasteiger partial charge on any atom is -0.454 e. The van der Waals surface area contributed by atoms with Gasteiger partial charge in [-0.2, -0.15) is 4.31 Å². The molecule has 0 aromatic heterocycles. The molecule has 0 bridgehead atoms. The molecule has 0 fully saturated rings. The van der Waals surface area contributed by atoms with Gasteiger partial charge < -0.3 is 14.8 Å². The van der Waals surface area contributed by atoms with Crippen LogP contribution in [0, 0.1) is 0 Å². The van der Waals surface area contributed by atoms with Crippen LogP contribution in [-0.4, -0.2) is 19.5 Å². The summed E-state index contributed by atoms with van der Waals surface area (Å²) in [6.45, 7) is 0.426. The van der Waals surface area contributed by atoms with E-state index in [2.05, 4.69) is 5.32 Å². The third-order valence-electron chi connectivity index (χ3n) is 4.95. The van der Waals surface area contributed by atoms with Crippen LogP contribution in [0.1, 0.15) is 17.3 Å². The maximum atomic E-state index is 13.5. The predicted octanol–water partition coefficient (Wildman–Crippen LogP) is 3.73. The second kappa shape index (κ2) is 6.54. The van der Waals surface area contributed by atoms with Crippen molar-refractivity contribution in [3.05, 3.63) is 83.9 Å². The number of rotatable bonds is 3. The first-order valence-corrected chi connectivity index (χ1v) is 10.4. The molecule has 2 heterocycles. The number of hydrogen-bond donors (Lipinski definition) is 1. The topological polar surface area (TPSA) is 67.9 Å². The maximum absolute atomic E-state index is 13.5. The minimum absolute atomic E-state index is 0.172. The van der Waals surface area contributed by atoms with Crippen molar-refractivity contribution in [2.24, 2.45) is 0 Å². The van der Waals surface area contributed by atoms with Gasteiger partial charge in [0.05, 0.1) is 5.69 Å². The Balaban J connectivity index is 1.62. The molecule has 1 N–H and O–H groups in total. The van der Waals surface area contributed by atoms with E-state index in [0.29, 0.717) is 17.2 Å². The number of nitrogens with one attached hydrogen (secondary N) is 1. The van der Waals surface area contributed by atoms with Gasteiger partial charge in [-0.3, -0.25) is 0 Å². The number of benzene rings is 3. The Morgan fingerprint density at radius 1 is 0.929 bits per heavy atom. The molecule has 1 atom stereocenters. The number of para-hydroxylation sites is 1. The lowest BCUT2D eigenvalue weighted by Crippen LogP contribution is -2.42. The molecule has 0 radical (unpaired) electrons. The Morgan fingerprint density at radius 2 is 1.68 bits per heavy atom. The molecule has 6 nitrogen and oxygen atoms in total. The van der Waals surface area contributed by atoms with Gasteiger partial charge in [0.25, 0.3) is 0 Å². The molecule has 5 rings (SSSR count). The summed E-state index contributed by atoms with van der Waals surface area (Å²) in [6.07, 6.45) is -0.561. The lowest BCUT2D eigenvalue weighted by Gasteiger charge is -2.37. The van der Waals surface area contributed by atoms with Crippen molar-refractivity contribution < 1.29 is 17.9 Å². The number of ether oxygens (including phenoxy) is 2. The summed E-state index contributed by atoms with van der Waals surface area (Å²) in [7, 11) is -3.69. The van der Waals surface area contributed by atoms with Crippen LogP contribution >= 0.6 is 0 Å². The van der Waals surface area contributed by atoms with Crippen LogP contribution in [0.5, 0.6) is 11.5 Å². The van der Waals surface area contributed by atoms with Crippen LogP contribution in [0.25, 0.3) is 0 Å². The quantitative estimate of drug-likeness (QED) is 0.733. The lowest BCUT2D eigenvalue weighted by molar-refractivity contribution is 0.174. The van der Waals surface area contributed by atoms with Crippen molar-refractivity contribution >= 4 is 15.7 Å². The molecular formula is C21H18N2O4S.